The van der Waals surface area contributed by atoms with Crippen LogP contribution in [-0.4, -0.2) is 38.8 Å². The zero-order valence-corrected chi connectivity index (χ0v) is 13.2. The summed E-state index contributed by atoms with van der Waals surface area (Å²) in [6.45, 7) is 7.58. The van der Waals surface area contributed by atoms with Gasteiger partial charge in [-0.3, -0.25) is 14.4 Å². The van der Waals surface area contributed by atoms with E-state index in [1.807, 2.05) is 16.9 Å². The summed E-state index contributed by atoms with van der Waals surface area (Å²) in [4.78, 5) is 14.0. The van der Waals surface area contributed by atoms with Crippen molar-refractivity contribution in [3.8, 4) is 0 Å². The van der Waals surface area contributed by atoms with Gasteiger partial charge in [-0.05, 0) is 38.3 Å². The molecule has 1 aliphatic rings. The first kappa shape index (κ1) is 16.0. The van der Waals surface area contributed by atoms with Crippen molar-refractivity contribution in [1.29, 1.82) is 0 Å². The second-order valence-electron chi connectivity index (χ2n) is 6.20. The van der Waals surface area contributed by atoms with Crippen molar-refractivity contribution in [2.24, 2.45) is 5.41 Å². The fraction of sp³-hybridized carbons (Fsp3) is 0.750. The van der Waals surface area contributed by atoms with Gasteiger partial charge in [0.25, 0.3) is 0 Å². The number of carboxylic acid groups (broad SMARTS) is 1. The lowest BCUT2D eigenvalue weighted by Crippen LogP contribution is -2.47. The predicted molar refractivity (Wildman–Crippen MR) is 82.0 cm³/mol. The molecule has 5 nitrogen and oxygen atoms in total. The summed E-state index contributed by atoms with van der Waals surface area (Å²) in [5, 5.41) is 14.0. The molecule has 1 unspecified atom stereocenters. The predicted octanol–water partition coefficient (Wildman–Crippen LogP) is 2.76. The van der Waals surface area contributed by atoms with Gasteiger partial charge < -0.3 is 5.11 Å². The van der Waals surface area contributed by atoms with Crippen LogP contribution in [0.2, 0.25) is 0 Å². The first-order valence-electron chi connectivity index (χ1n) is 8.07. The van der Waals surface area contributed by atoms with Gasteiger partial charge in [0, 0.05) is 25.8 Å². The summed E-state index contributed by atoms with van der Waals surface area (Å²) < 4.78 is 2.04. The molecule has 1 N–H and O–H groups in total. The van der Waals surface area contributed by atoms with Crippen LogP contribution in [-0.2, 0) is 17.9 Å². The molecule has 0 amide bonds. The quantitative estimate of drug-likeness (QED) is 0.840. The number of carbonyl (C=O) groups is 1. The highest BCUT2D eigenvalue weighted by Gasteiger charge is 2.41. The zero-order valence-electron chi connectivity index (χ0n) is 13.2. The Labute approximate surface area is 126 Å². The van der Waals surface area contributed by atoms with Crippen LogP contribution in [0.25, 0.3) is 0 Å². The molecule has 21 heavy (non-hydrogen) atoms. The number of likely N-dealkylation sites (tertiary alicyclic amines) is 1. The molecule has 1 aromatic rings. The maximum atomic E-state index is 11.7. The molecule has 0 aliphatic carbocycles. The summed E-state index contributed by atoms with van der Waals surface area (Å²) in [6, 6.07) is 2.05. The number of hydrogen-bond donors (Lipinski definition) is 1. The zero-order chi connectivity index (χ0) is 15.3. The molecule has 118 valence electrons. The van der Waals surface area contributed by atoms with E-state index in [-0.39, 0.29) is 0 Å². The van der Waals surface area contributed by atoms with Crippen LogP contribution in [0.3, 0.4) is 0 Å². The molecule has 1 aromatic heterocycles. The van der Waals surface area contributed by atoms with Gasteiger partial charge >= 0.3 is 5.97 Å². The Morgan fingerprint density at radius 2 is 2.24 bits per heavy atom. The highest BCUT2D eigenvalue weighted by Crippen LogP contribution is 2.35. The van der Waals surface area contributed by atoms with Gasteiger partial charge in [-0.1, -0.05) is 20.3 Å². The molecule has 2 rings (SSSR count). The molecule has 0 radical (unpaired) electrons. The summed E-state index contributed by atoms with van der Waals surface area (Å²) >= 11 is 0. The van der Waals surface area contributed by atoms with Crippen molar-refractivity contribution < 1.29 is 9.90 Å². The van der Waals surface area contributed by atoms with Crippen molar-refractivity contribution in [3.05, 3.63) is 18.0 Å². The van der Waals surface area contributed by atoms with E-state index < -0.39 is 11.4 Å². The lowest BCUT2D eigenvalue weighted by molar-refractivity contribution is -0.153. The van der Waals surface area contributed by atoms with E-state index in [2.05, 4.69) is 23.8 Å². The Kier molecular flexibility index (Phi) is 5.39. The molecule has 1 aliphatic heterocycles. The molecular formula is C16H27N3O2. The van der Waals surface area contributed by atoms with E-state index in [0.29, 0.717) is 6.54 Å². The molecule has 1 fully saturated rings. The maximum Gasteiger partial charge on any atom is 0.310 e. The van der Waals surface area contributed by atoms with Crippen LogP contribution in [0, 0.1) is 5.41 Å². The van der Waals surface area contributed by atoms with E-state index >= 15 is 0 Å². The molecule has 0 aromatic carbocycles. The molecule has 2 heterocycles. The number of aryl methyl sites for hydroxylation is 1. The molecule has 0 saturated carbocycles. The van der Waals surface area contributed by atoms with Crippen molar-refractivity contribution >= 4 is 5.97 Å². The number of aromatic nitrogens is 2. The van der Waals surface area contributed by atoms with E-state index in [1.54, 1.807) is 0 Å². The standard InChI is InChI=1S/C16H27N3O2/c1-3-7-16(15(20)21)8-5-11-18(13-16)12-14-6-9-17-19(14)10-4-2/h6,9H,3-5,7-8,10-13H2,1-2H3,(H,20,21). The molecule has 0 bridgehead atoms. The third-order valence-electron chi connectivity index (χ3n) is 4.46. The number of hydrogen-bond acceptors (Lipinski definition) is 3. The van der Waals surface area contributed by atoms with E-state index in [1.165, 1.54) is 5.69 Å². The van der Waals surface area contributed by atoms with Crippen LogP contribution in [0.5, 0.6) is 0 Å². The maximum absolute atomic E-state index is 11.7. The van der Waals surface area contributed by atoms with E-state index in [0.717, 1.165) is 51.7 Å². The van der Waals surface area contributed by atoms with Crippen molar-refractivity contribution in [1.82, 2.24) is 14.7 Å². The second kappa shape index (κ2) is 7.07. The minimum atomic E-state index is -0.629. The van der Waals surface area contributed by atoms with Gasteiger partial charge in [-0.15, -0.1) is 0 Å². The Bertz CT molecular complexity index is 468. The third-order valence-corrected chi connectivity index (χ3v) is 4.46. The Morgan fingerprint density at radius 3 is 2.90 bits per heavy atom. The van der Waals surface area contributed by atoms with Gasteiger partial charge in [0.2, 0.25) is 0 Å². The minimum Gasteiger partial charge on any atom is -0.481 e. The Hall–Kier alpha value is -1.36. The fourth-order valence-corrected chi connectivity index (χ4v) is 3.46. The first-order chi connectivity index (χ1) is 10.1. The molecule has 0 spiro atoms. The lowest BCUT2D eigenvalue weighted by Gasteiger charge is -2.40. The minimum absolute atomic E-state index is 0.553. The van der Waals surface area contributed by atoms with Crippen molar-refractivity contribution in [2.75, 3.05) is 13.1 Å². The first-order valence-corrected chi connectivity index (χ1v) is 8.07. The summed E-state index contributed by atoms with van der Waals surface area (Å²) in [5.74, 6) is -0.629. The van der Waals surface area contributed by atoms with Crippen LogP contribution in [0.15, 0.2) is 12.3 Å². The highest BCUT2D eigenvalue weighted by molar-refractivity contribution is 5.75. The van der Waals surface area contributed by atoms with Crippen molar-refractivity contribution in [3.63, 3.8) is 0 Å². The smallest absolute Gasteiger partial charge is 0.310 e. The van der Waals surface area contributed by atoms with Crippen molar-refractivity contribution in [2.45, 2.75) is 59.0 Å². The van der Waals surface area contributed by atoms with Gasteiger partial charge in [0.1, 0.15) is 0 Å². The Balaban J connectivity index is 2.06. The average Bonchev–Trinajstić information content (AvgIpc) is 2.87. The van der Waals surface area contributed by atoms with Crippen LogP contribution in [0.4, 0.5) is 0 Å². The molecule has 5 heteroatoms. The largest absolute Gasteiger partial charge is 0.481 e. The molecule has 1 atom stereocenters. The summed E-state index contributed by atoms with van der Waals surface area (Å²) in [7, 11) is 0. The number of aliphatic carboxylic acids is 1. The lowest BCUT2D eigenvalue weighted by atomic mass is 9.76. The topological polar surface area (TPSA) is 58.4 Å². The van der Waals surface area contributed by atoms with Gasteiger partial charge in [-0.25, -0.2) is 0 Å². The summed E-state index contributed by atoms with van der Waals surface area (Å²) in [6.07, 6.45) is 6.37. The number of carboxylic acids is 1. The van der Waals surface area contributed by atoms with E-state index in [4.69, 9.17) is 0 Å². The molecule has 1 saturated heterocycles. The normalized spacial score (nSPS) is 23.3. The monoisotopic (exact) mass is 293 g/mol. The van der Waals surface area contributed by atoms with Crippen LogP contribution in [0.1, 0.15) is 51.6 Å². The third kappa shape index (κ3) is 3.64. The summed E-state index contributed by atoms with van der Waals surface area (Å²) in [5.41, 5.74) is 0.636. The second-order valence-corrected chi connectivity index (χ2v) is 6.20. The van der Waals surface area contributed by atoms with Crippen LogP contribution >= 0.6 is 0 Å². The van der Waals surface area contributed by atoms with Gasteiger partial charge in [0.05, 0.1) is 11.1 Å². The van der Waals surface area contributed by atoms with Gasteiger partial charge in [0.15, 0.2) is 0 Å². The number of piperidine rings is 1. The van der Waals surface area contributed by atoms with Gasteiger partial charge in [-0.2, -0.15) is 5.10 Å². The average molecular weight is 293 g/mol. The Morgan fingerprint density at radius 1 is 1.43 bits per heavy atom. The highest BCUT2D eigenvalue weighted by atomic mass is 16.4. The number of nitrogens with zero attached hydrogens (tertiary/aromatic N) is 3. The SMILES string of the molecule is CCCn1nccc1CN1CCCC(CCC)(C(=O)O)C1. The van der Waals surface area contributed by atoms with Crippen LogP contribution < -0.4 is 0 Å². The molecular weight excluding hydrogens is 266 g/mol. The van der Waals surface area contributed by atoms with E-state index in [9.17, 15) is 9.90 Å². The number of rotatable bonds is 7. The fourth-order valence-electron chi connectivity index (χ4n) is 3.46.